The molecule has 3 rings (SSSR count). The van der Waals surface area contributed by atoms with Crippen LogP contribution < -0.4 is 10.1 Å². The van der Waals surface area contributed by atoms with Crippen LogP contribution in [0.3, 0.4) is 0 Å². The number of nitrogens with zero attached hydrogens (tertiary/aromatic N) is 1. The number of hydrogen-bond acceptors (Lipinski definition) is 4. The first-order chi connectivity index (χ1) is 11.1. The SMILES string of the molecule is COc1ccc2nc(NC(=O)C=Cc3ccc(Br)cc3)sc2c1. The molecule has 0 radical (unpaired) electrons. The molecule has 0 bridgehead atoms. The number of carbonyl (C=O) groups excluding carboxylic acids is 1. The number of rotatable bonds is 4. The van der Waals surface area contributed by atoms with E-state index in [1.807, 2.05) is 42.5 Å². The summed E-state index contributed by atoms with van der Waals surface area (Å²) in [7, 11) is 1.62. The van der Waals surface area contributed by atoms with Gasteiger partial charge >= 0.3 is 0 Å². The topological polar surface area (TPSA) is 51.2 Å². The van der Waals surface area contributed by atoms with Gasteiger partial charge in [-0.1, -0.05) is 39.4 Å². The molecular formula is C17H13BrN2O2S. The van der Waals surface area contributed by atoms with E-state index in [2.05, 4.69) is 26.2 Å². The van der Waals surface area contributed by atoms with Crippen LogP contribution in [0.4, 0.5) is 5.13 Å². The highest BCUT2D eigenvalue weighted by Crippen LogP contribution is 2.29. The maximum Gasteiger partial charge on any atom is 0.250 e. The summed E-state index contributed by atoms with van der Waals surface area (Å²) in [6.45, 7) is 0. The van der Waals surface area contributed by atoms with Gasteiger partial charge in [-0.15, -0.1) is 0 Å². The van der Waals surface area contributed by atoms with Gasteiger partial charge in [0.05, 0.1) is 17.3 Å². The van der Waals surface area contributed by atoms with Gasteiger partial charge in [-0.25, -0.2) is 4.98 Å². The number of halogens is 1. The van der Waals surface area contributed by atoms with E-state index in [0.717, 1.165) is 26.0 Å². The Hall–Kier alpha value is -2.18. The van der Waals surface area contributed by atoms with E-state index in [4.69, 9.17) is 4.74 Å². The van der Waals surface area contributed by atoms with E-state index >= 15 is 0 Å². The monoisotopic (exact) mass is 388 g/mol. The van der Waals surface area contributed by atoms with Crippen molar-refractivity contribution in [3.8, 4) is 5.75 Å². The summed E-state index contributed by atoms with van der Waals surface area (Å²) < 4.78 is 7.16. The van der Waals surface area contributed by atoms with Crippen molar-refractivity contribution in [3.63, 3.8) is 0 Å². The Labute approximate surface area is 145 Å². The summed E-state index contributed by atoms with van der Waals surface area (Å²) in [6.07, 6.45) is 3.26. The molecule has 1 aromatic heterocycles. The number of nitrogens with one attached hydrogen (secondary N) is 1. The highest BCUT2D eigenvalue weighted by Gasteiger charge is 2.06. The Balaban J connectivity index is 1.71. The van der Waals surface area contributed by atoms with Gasteiger partial charge in [0.2, 0.25) is 5.91 Å². The fourth-order valence-electron chi connectivity index (χ4n) is 1.98. The van der Waals surface area contributed by atoms with Crippen LogP contribution >= 0.6 is 27.3 Å². The average molecular weight is 389 g/mol. The van der Waals surface area contributed by atoms with Crippen LogP contribution in [0, 0.1) is 0 Å². The van der Waals surface area contributed by atoms with Crippen LogP contribution in [0.15, 0.2) is 53.0 Å². The number of amides is 1. The van der Waals surface area contributed by atoms with Gasteiger partial charge < -0.3 is 4.74 Å². The van der Waals surface area contributed by atoms with Gasteiger partial charge in [-0.2, -0.15) is 0 Å². The molecule has 4 nitrogen and oxygen atoms in total. The highest BCUT2D eigenvalue weighted by molar-refractivity contribution is 9.10. The van der Waals surface area contributed by atoms with Crippen molar-refractivity contribution in [1.82, 2.24) is 4.98 Å². The molecule has 116 valence electrons. The lowest BCUT2D eigenvalue weighted by Gasteiger charge is -1.96. The normalized spacial score (nSPS) is 11.0. The highest BCUT2D eigenvalue weighted by atomic mass is 79.9. The first kappa shape index (κ1) is 15.7. The Bertz CT molecular complexity index is 872. The van der Waals surface area contributed by atoms with Crippen molar-refractivity contribution in [2.45, 2.75) is 0 Å². The second kappa shape index (κ2) is 6.93. The van der Waals surface area contributed by atoms with Gasteiger partial charge in [-0.05, 0) is 42.0 Å². The predicted molar refractivity (Wildman–Crippen MR) is 98.0 cm³/mol. The third-order valence-electron chi connectivity index (χ3n) is 3.12. The zero-order valence-electron chi connectivity index (χ0n) is 12.2. The first-order valence-corrected chi connectivity index (χ1v) is 8.44. The number of methoxy groups -OCH3 is 1. The second-order valence-corrected chi connectivity index (χ2v) is 6.67. The summed E-state index contributed by atoms with van der Waals surface area (Å²) in [6, 6.07) is 13.3. The van der Waals surface area contributed by atoms with Crippen LogP contribution in [0.2, 0.25) is 0 Å². The molecule has 1 amide bonds. The van der Waals surface area contributed by atoms with Crippen LogP contribution in [0.1, 0.15) is 5.56 Å². The molecule has 6 heteroatoms. The Morgan fingerprint density at radius 2 is 2.04 bits per heavy atom. The number of ether oxygens (including phenoxy) is 1. The molecule has 0 atom stereocenters. The summed E-state index contributed by atoms with van der Waals surface area (Å²) in [5.74, 6) is 0.563. The lowest BCUT2D eigenvalue weighted by Crippen LogP contribution is -2.07. The lowest BCUT2D eigenvalue weighted by molar-refractivity contribution is -0.111. The van der Waals surface area contributed by atoms with Crippen molar-refractivity contribution in [3.05, 3.63) is 58.6 Å². The van der Waals surface area contributed by atoms with E-state index in [1.54, 1.807) is 13.2 Å². The second-order valence-electron chi connectivity index (χ2n) is 4.73. The molecule has 1 heterocycles. The molecule has 0 fully saturated rings. The molecule has 0 aliphatic heterocycles. The van der Waals surface area contributed by atoms with Crippen molar-refractivity contribution in [2.24, 2.45) is 0 Å². The van der Waals surface area contributed by atoms with Gasteiger partial charge in [0.15, 0.2) is 5.13 Å². The average Bonchev–Trinajstić information content (AvgIpc) is 2.95. The number of anilines is 1. The first-order valence-electron chi connectivity index (χ1n) is 6.83. The van der Waals surface area contributed by atoms with E-state index in [-0.39, 0.29) is 5.91 Å². The van der Waals surface area contributed by atoms with Crippen LogP contribution in [0.25, 0.3) is 16.3 Å². The molecule has 2 aromatic carbocycles. The zero-order valence-corrected chi connectivity index (χ0v) is 14.6. The lowest BCUT2D eigenvalue weighted by atomic mass is 10.2. The number of benzene rings is 2. The zero-order chi connectivity index (χ0) is 16.2. The Morgan fingerprint density at radius 1 is 1.26 bits per heavy atom. The van der Waals surface area contributed by atoms with Gasteiger partial charge in [0, 0.05) is 10.5 Å². The van der Waals surface area contributed by atoms with Gasteiger partial charge in [-0.3, -0.25) is 10.1 Å². The number of fused-ring (bicyclic) bond motifs is 1. The summed E-state index contributed by atoms with van der Waals surface area (Å²) in [5, 5.41) is 3.35. The quantitative estimate of drug-likeness (QED) is 0.657. The maximum atomic E-state index is 12.0. The number of hydrogen-bond donors (Lipinski definition) is 1. The maximum absolute atomic E-state index is 12.0. The van der Waals surface area contributed by atoms with E-state index in [0.29, 0.717) is 5.13 Å². The van der Waals surface area contributed by atoms with Crippen LogP contribution in [-0.4, -0.2) is 18.0 Å². The molecule has 23 heavy (non-hydrogen) atoms. The predicted octanol–water partition coefficient (Wildman–Crippen LogP) is 4.72. The molecule has 0 aliphatic rings. The fourth-order valence-corrected chi connectivity index (χ4v) is 3.14. The molecule has 0 aliphatic carbocycles. The van der Waals surface area contributed by atoms with E-state index in [1.165, 1.54) is 17.4 Å². The Kier molecular flexibility index (Phi) is 4.73. The van der Waals surface area contributed by atoms with Crippen molar-refractivity contribution < 1.29 is 9.53 Å². The molecule has 0 unspecified atom stereocenters. The smallest absolute Gasteiger partial charge is 0.250 e. The minimum absolute atomic E-state index is 0.209. The van der Waals surface area contributed by atoms with Crippen LogP contribution in [0.5, 0.6) is 5.75 Å². The minimum Gasteiger partial charge on any atom is -0.497 e. The fraction of sp³-hybridized carbons (Fsp3) is 0.0588. The molecular weight excluding hydrogens is 376 g/mol. The largest absolute Gasteiger partial charge is 0.497 e. The molecule has 0 spiro atoms. The molecule has 0 saturated carbocycles. The Morgan fingerprint density at radius 3 is 2.78 bits per heavy atom. The molecule has 3 aromatic rings. The van der Waals surface area contributed by atoms with Crippen molar-refractivity contribution in [1.29, 1.82) is 0 Å². The summed E-state index contributed by atoms with van der Waals surface area (Å²) in [5.41, 5.74) is 1.79. The van der Waals surface area contributed by atoms with Gasteiger partial charge in [0.1, 0.15) is 5.75 Å². The third-order valence-corrected chi connectivity index (χ3v) is 4.59. The van der Waals surface area contributed by atoms with E-state index < -0.39 is 0 Å². The summed E-state index contributed by atoms with van der Waals surface area (Å²) in [4.78, 5) is 16.4. The minimum atomic E-state index is -0.209. The van der Waals surface area contributed by atoms with E-state index in [9.17, 15) is 4.79 Å². The molecule has 0 saturated heterocycles. The number of aromatic nitrogens is 1. The van der Waals surface area contributed by atoms with Crippen LogP contribution in [-0.2, 0) is 4.79 Å². The van der Waals surface area contributed by atoms with Crippen molar-refractivity contribution in [2.75, 3.05) is 12.4 Å². The summed E-state index contributed by atoms with van der Waals surface area (Å²) >= 11 is 4.79. The molecule has 1 N–H and O–H groups in total. The van der Waals surface area contributed by atoms with Crippen molar-refractivity contribution >= 4 is 54.6 Å². The number of carbonyl (C=O) groups is 1. The number of thiazole rings is 1. The standard InChI is InChI=1S/C17H13BrN2O2S/c1-22-13-7-8-14-15(10-13)23-17(19-14)20-16(21)9-4-11-2-5-12(18)6-3-11/h2-10H,1H3,(H,19,20,21). The third kappa shape index (κ3) is 3.97. The van der Waals surface area contributed by atoms with Gasteiger partial charge in [0.25, 0.3) is 0 Å².